The van der Waals surface area contributed by atoms with Crippen LogP contribution in [0.1, 0.15) is 45.4 Å². The molecule has 124 valence electrons. The van der Waals surface area contributed by atoms with Gasteiger partial charge in [0.2, 0.25) is 5.91 Å². The molecule has 0 spiro atoms. The van der Waals surface area contributed by atoms with Gasteiger partial charge in [0, 0.05) is 30.9 Å². The molecule has 1 heterocycles. The van der Waals surface area contributed by atoms with Gasteiger partial charge in [-0.15, -0.1) is 0 Å². The first-order valence-corrected chi connectivity index (χ1v) is 8.50. The number of carbonyl (C=O) groups is 1. The smallest absolute Gasteiger partial charge is 0.222 e. The van der Waals surface area contributed by atoms with Gasteiger partial charge in [0.25, 0.3) is 0 Å². The molecule has 2 aromatic rings. The summed E-state index contributed by atoms with van der Waals surface area (Å²) >= 11 is 0. The largest absolute Gasteiger partial charge is 0.345 e. The minimum absolute atomic E-state index is 0.221. The fourth-order valence-electron chi connectivity index (χ4n) is 2.72. The highest BCUT2D eigenvalue weighted by Crippen LogP contribution is 2.17. The van der Waals surface area contributed by atoms with E-state index in [9.17, 15) is 4.79 Å². The van der Waals surface area contributed by atoms with E-state index >= 15 is 0 Å². The molecule has 1 aromatic carbocycles. The van der Waals surface area contributed by atoms with Crippen molar-refractivity contribution in [3.63, 3.8) is 0 Å². The Hall–Kier alpha value is -2.03. The van der Waals surface area contributed by atoms with E-state index in [-0.39, 0.29) is 11.9 Å². The summed E-state index contributed by atoms with van der Waals surface area (Å²) in [4.78, 5) is 14.4. The van der Waals surface area contributed by atoms with Crippen molar-refractivity contribution in [3.8, 4) is 0 Å². The molecule has 1 amide bonds. The number of rotatable bonds is 7. The van der Waals surface area contributed by atoms with Crippen LogP contribution in [0.5, 0.6) is 0 Å². The molecule has 0 aliphatic heterocycles. The summed E-state index contributed by atoms with van der Waals surface area (Å²) in [5, 5.41) is 0. The Bertz CT molecular complexity index is 616. The van der Waals surface area contributed by atoms with Gasteiger partial charge in [-0.3, -0.25) is 4.79 Å². The van der Waals surface area contributed by atoms with Crippen molar-refractivity contribution >= 4 is 5.91 Å². The van der Waals surface area contributed by atoms with E-state index in [0.717, 1.165) is 6.54 Å². The standard InChI is InChI=1S/C20H28N2O/c1-5-20(23)22(17(4)16(2)3)15-19-12-9-13-21(19)14-18-10-7-6-8-11-18/h6-13,16-17H,5,14-15H2,1-4H3/t17-/m0/s1. The molecular weight excluding hydrogens is 284 g/mol. The number of hydrogen-bond acceptors (Lipinski definition) is 1. The Morgan fingerprint density at radius 3 is 2.39 bits per heavy atom. The second kappa shape index (κ2) is 8.00. The Kier molecular flexibility index (Phi) is 6.03. The SMILES string of the molecule is CCC(=O)N(Cc1cccn1Cc1ccccc1)[C@@H](C)C(C)C. The summed E-state index contributed by atoms with van der Waals surface area (Å²) in [6.45, 7) is 9.93. The highest BCUT2D eigenvalue weighted by molar-refractivity contribution is 5.76. The van der Waals surface area contributed by atoms with Crippen LogP contribution in [-0.4, -0.2) is 21.4 Å². The van der Waals surface area contributed by atoms with Crippen LogP contribution < -0.4 is 0 Å². The van der Waals surface area contributed by atoms with Crippen LogP contribution in [0.25, 0.3) is 0 Å². The molecule has 2 rings (SSSR count). The minimum Gasteiger partial charge on any atom is -0.345 e. The lowest BCUT2D eigenvalue weighted by molar-refractivity contribution is -0.134. The first-order chi connectivity index (χ1) is 11.0. The zero-order valence-electron chi connectivity index (χ0n) is 14.7. The van der Waals surface area contributed by atoms with E-state index in [1.165, 1.54) is 11.3 Å². The molecular formula is C20H28N2O. The van der Waals surface area contributed by atoms with Crippen LogP contribution in [0.3, 0.4) is 0 Å². The van der Waals surface area contributed by atoms with Crippen molar-refractivity contribution in [2.24, 2.45) is 5.92 Å². The van der Waals surface area contributed by atoms with Crippen molar-refractivity contribution < 1.29 is 4.79 Å². The third kappa shape index (κ3) is 4.47. The average molecular weight is 312 g/mol. The van der Waals surface area contributed by atoms with Crippen LogP contribution in [0.4, 0.5) is 0 Å². The number of hydrogen-bond donors (Lipinski definition) is 0. The summed E-state index contributed by atoms with van der Waals surface area (Å²) in [5.41, 5.74) is 2.46. The Morgan fingerprint density at radius 2 is 1.78 bits per heavy atom. The first kappa shape index (κ1) is 17.3. The molecule has 0 saturated heterocycles. The maximum atomic E-state index is 12.4. The van der Waals surface area contributed by atoms with E-state index in [2.05, 4.69) is 67.9 Å². The molecule has 0 aliphatic carbocycles. The molecule has 0 unspecified atom stereocenters. The summed E-state index contributed by atoms with van der Waals surface area (Å²) < 4.78 is 2.23. The van der Waals surface area contributed by atoms with Crippen molar-refractivity contribution in [1.82, 2.24) is 9.47 Å². The maximum Gasteiger partial charge on any atom is 0.222 e. The van der Waals surface area contributed by atoms with Gasteiger partial charge in [-0.2, -0.15) is 0 Å². The van der Waals surface area contributed by atoms with Crippen molar-refractivity contribution in [3.05, 3.63) is 59.9 Å². The van der Waals surface area contributed by atoms with E-state index in [4.69, 9.17) is 0 Å². The van der Waals surface area contributed by atoms with Gasteiger partial charge in [-0.05, 0) is 30.5 Å². The zero-order chi connectivity index (χ0) is 16.8. The molecule has 0 fully saturated rings. The van der Waals surface area contributed by atoms with Gasteiger partial charge in [-0.1, -0.05) is 51.1 Å². The zero-order valence-corrected chi connectivity index (χ0v) is 14.7. The summed E-state index contributed by atoms with van der Waals surface area (Å²) in [6, 6.07) is 14.8. The highest BCUT2D eigenvalue weighted by atomic mass is 16.2. The Balaban J connectivity index is 2.18. The molecule has 0 aliphatic rings. The number of amides is 1. The molecule has 3 heteroatoms. The Labute approximate surface area is 139 Å². The molecule has 3 nitrogen and oxygen atoms in total. The van der Waals surface area contributed by atoms with Crippen LogP contribution in [0, 0.1) is 5.92 Å². The fourth-order valence-corrected chi connectivity index (χ4v) is 2.72. The quantitative estimate of drug-likeness (QED) is 0.747. The van der Waals surface area contributed by atoms with Crippen molar-refractivity contribution in [2.75, 3.05) is 0 Å². The van der Waals surface area contributed by atoms with Gasteiger partial charge in [-0.25, -0.2) is 0 Å². The van der Waals surface area contributed by atoms with Gasteiger partial charge in [0.05, 0.1) is 6.54 Å². The maximum absolute atomic E-state index is 12.4. The topological polar surface area (TPSA) is 25.2 Å². The van der Waals surface area contributed by atoms with E-state index in [1.807, 2.05) is 17.9 Å². The minimum atomic E-state index is 0.221. The second-order valence-electron chi connectivity index (χ2n) is 6.47. The predicted octanol–water partition coefficient (Wildman–Crippen LogP) is 4.32. The van der Waals surface area contributed by atoms with E-state index in [1.54, 1.807) is 0 Å². The number of benzene rings is 1. The lowest BCUT2D eigenvalue weighted by Gasteiger charge is -2.32. The van der Waals surface area contributed by atoms with Crippen LogP contribution in [0.2, 0.25) is 0 Å². The molecule has 0 N–H and O–H groups in total. The Morgan fingerprint density at radius 1 is 1.09 bits per heavy atom. The summed E-state index contributed by atoms with van der Waals surface area (Å²) in [6.07, 6.45) is 2.65. The number of carbonyl (C=O) groups excluding carboxylic acids is 1. The lowest BCUT2D eigenvalue weighted by atomic mass is 10.0. The molecule has 1 aromatic heterocycles. The van der Waals surface area contributed by atoms with Crippen molar-refractivity contribution in [1.29, 1.82) is 0 Å². The normalized spacial score (nSPS) is 12.4. The molecule has 0 saturated carbocycles. The summed E-state index contributed by atoms with van der Waals surface area (Å²) in [7, 11) is 0. The molecule has 0 radical (unpaired) electrons. The second-order valence-corrected chi connectivity index (χ2v) is 6.47. The molecule has 23 heavy (non-hydrogen) atoms. The summed E-state index contributed by atoms with van der Waals surface area (Å²) in [5.74, 6) is 0.668. The monoisotopic (exact) mass is 312 g/mol. The van der Waals surface area contributed by atoms with Gasteiger partial charge in [0.15, 0.2) is 0 Å². The van der Waals surface area contributed by atoms with Gasteiger partial charge < -0.3 is 9.47 Å². The van der Waals surface area contributed by atoms with Crippen LogP contribution >= 0.6 is 0 Å². The third-order valence-corrected chi connectivity index (χ3v) is 4.53. The average Bonchev–Trinajstić information content (AvgIpc) is 2.99. The predicted molar refractivity (Wildman–Crippen MR) is 95.1 cm³/mol. The number of aromatic nitrogens is 1. The molecule has 0 bridgehead atoms. The lowest BCUT2D eigenvalue weighted by Crippen LogP contribution is -2.41. The highest BCUT2D eigenvalue weighted by Gasteiger charge is 2.22. The fraction of sp³-hybridized carbons (Fsp3) is 0.450. The van der Waals surface area contributed by atoms with Gasteiger partial charge in [0.1, 0.15) is 0 Å². The van der Waals surface area contributed by atoms with Crippen molar-refractivity contribution in [2.45, 2.75) is 53.2 Å². The molecule has 1 atom stereocenters. The van der Waals surface area contributed by atoms with Crippen LogP contribution in [0.15, 0.2) is 48.7 Å². The first-order valence-electron chi connectivity index (χ1n) is 8.50. The van der Waals surface area contributed by atoms with E-state index < -0.39 is 0 Å². The van der Waals surface area contributed by atoms with Gasteiger partial charge >= 0.3 is 0 Å². The van der Waals surface area contributed by atoms with Crippen LogP contribution in [-0.2, 0) is 17.9 Å². The van der Waals surface area contributed by atoms with E-state index in [0.29, 0.717) is 18.9 Å². The number of nitrogens with zero attached hydrogens (tertiary/aromatic N) is 2. The third-order valence-electron chi connectivity index (χ3n) is 4.53.